The maximum absolute atomic E-state index is 13.8. The molecular formula is C19H24F2N2O3. The third kappa shape index (κ3) is 5.54. The molecule has 0 unspecified atom stereocenters. The summed E-state index contributed by atoms with van der Waals surface area (Å²) in [5.74, 6) is -1.35. The van der Waals surface area contributed by atoms with Crippen molar-refractivity contribution in [2.75, 3.05) is 6.61 Å². The summed E-state index contributed by atoms with van der Waals surface area (Å²) in [4.78, 5) is 11.9. The monoisotopic (exact) mass is 366 g/mol. The smallest absolute Gasteiger partial charge is 0.358 e. The second-order valence-electron chi connectivity index (χ2n) is 7.15. The van der Waals surface area contributed by atoms with Crippen LogP contribution in [0.2, 0.25) is 0 Å². The highest BCUT2D eigenvalue weighted by atomic mass is 19.1. The SMILES string of the molecule is CCOC(=O)c1cc(OCc2cc(F)ccc2F)n(CCC(C)(C)C)n1. The number of carbonyl (C=O) groups excluding carboxylic acids is 1. The molecule has 0 N–H and O–H groups in total. The Morgan fingerprint density at radius 3 is 2.62 bits per heavy atom. The molecule has 1 heterocycles. The highest BCUT2D eigenvalue weighted by Gasteiger charge is 2.19. The van der Waals surface area contributed by atoms with Crippen molar-refractivity contribution in [3.63, 3.8) is 0 Å². The number of carbonyl (C=O) groups is 1. The van der Waals surface area contributed by atoms with Crippen LogP contribution in [0.5, 0.6) is 5.88 Å². The largest absolute Gasteiger partial charge is 0.473 e. The molecule has 5 nitrogen and oxygen atoms in total. The summed E-state index contributed by atoms with van der Waals surface area (Å²) < 4.78 is 39.2. The van der Waals surface area contributed by atoms with Crippen molar-refractivity contribution < 1.29 is 23.0 Å². The van der Waals surface area contributed by atoms with E-state index < -0.39 is 17.6 Å². The molecule has 1 aromatic carbocycles. The van der Waals surface area contributed by atoms with E-state index >= 15 is 0 Å². The van der Waals surface area contributed by atoms with Gasteiger partial charge in [-0.1, -0.05) is 20.8 Å². The van der Waals surface area contributed by atoms with Crippen LogP contribution in [0.25, 0.3) is 0 Å². The third-order valence-electron chi connectivity index (χ3n) is 3.68. The zero-order valence-electron chi connectivity index (χ0n) is 15.5. The maximum atomic E-state index is 13.8. The van der Waals surface area contributed by atoms with E-state index in [1.807, 2.05) is 0 Å². The van der Waals surface area contributed by atoms with Crippen molar-refractivity contribution in [2.24, 2.45) is 5.41 Å². The predicted molar refractivity (Wildman–Crippen MR) is 92.9 cm³/mol. The minimum Gasteiger partial charge on any atom is -0.473 e. The fourth-order valence-electron chi connectivity index (χ4n) is 2.23. The first kappa shape index (κ1) is 19.9. The van der Waals surface area contributed by atoms with Crippen LogP contribution < -0.4 is 4.74 Å². The Bertz CT molecular complexity index is 767. The standard InChI is InChI=1S/C19H24F2N2O3/c1-5-25-18(24)16-11-17(23(22-16)9-8-19(2,3)4)26-12-13-10-14(20)6-7-15(13)21/h6-7,10-11H,5,8-9,12H2,1-4H3. The van der Waals surface area contributed by atoms with Crippen LogP contribution in [0, 0.1) is 17.0 Å². The molecule has 0 aliphatic rings. The number of nitrogens with zero attached hydrogens (tertiary/aromatic N) is 2. The minimum atomic E-state index is -0.558. The number of halogens is 2. The Hall–Kier alpha value is -2.44. The summed E-state index contributed by atoms with van der Waals surface area (Å²) in [6.45, 7) is 8.55. The minimum absolute atomic E-state index is 0.0575. The van der Waals surface area contributed by atoms with Gasteiger partial charge in [-0.25, -0.2) is 18.3 Å². The van der Waals surface area contributed by atoms with Crippen LogP contribution in [0.4, 0.5) is 8.78 Å². The lowest BCUT2D eigenvalue weighted by molar-refractivity contribution is 0.0518. The molecule has 0 saturated heterocycles. The van der Waals surface area contributed by atoms with E-state index in [0.717, 1.165) is 24.6 Å². The van der Waals surface area contributed by atoms with Crippen molar-refractivity contribution in [1.29, 1.82) is 0 Å². The highest BCUT2D eigenvalue weighted by molar-refractivity contribution is 5.87. The van der Waals surface area contributed by atoms with Crippen LogP contribution in [0.15, 0.2) is 24.3 Å². The van der Waals surface area contributed by atoms with Gasteiger partial charge in [0.2, 0.25) is 5.88 Å². The number of benzene rings is 1. The quantitative estimate of drug-likeness (QED) is 0.684. The number of esters is 1. The molecule has 0 radical (unpaired) electrons. The Balaban J connectivity index is 2.20. The number of hydrogen-bond donors (Lipinski definition) is 0. The molecule has 26 heavy (non-hydrogen) atoms. The van der Waals surface area contributed by atoms with E-state index in [1.165, 1.54) is 6.07 Å². The molecule has 0 saturated carbocycles. The second kappa shape index (κ2) is 8.29. The van der Waals surface area contributed by atoms with Crippen molar-refractivity contribution in [1.82, 2.24) is 9.78 Å². The predicted octanol–water partition coefficient (Wildman–Crippen LogP) is 4.35. The first-order valence-electron chi connectivity index (χ1n) is 8.51. The van der Waals surface area contributed by atoms with Crippen molar-refractivity contribution in [2.45, 2.75) is 47.3 Å². The molecule has 7 heteroatoms. The Kier molecular flexibility index (Phi) is 6.34. The summed E-state index contributed by atoms with van der Waals surface area (Å²) in [6.07, 6.45) is 0.793. The van der Waals surface area contributed by atoms with Crippen LogP contribution in [0.3, 0.4) is 0 Å². The Labute approximate surface area is 151 Å². The summed E-state index contributed by atoms with van der Waals surface area (Å²) in [5, 5.41) is 4.23. The summed E-state index contributed by atoms with van der Waals surface area (Å²) in [5.41, 5.74) is 0.267. The van der Waals surface area contributed by atoms with Crippen molar-refractivity contribution >= 4 is 5.97 Å². The molecule has 0 atom stereocenters. The van der Waals surface area contributed by atoms with E-state index in [0.29, 0.717) is 12.4 Å². The zero-order chi connectivity index (χ0) is 19.3. The zero-order valence-corrected chi connectivity index (χ0v) is 15.5. The topological polar surface area (TPSA) is 53.4 Å². The van der Waals surface area contributed by atoms with Gasteiger partial charge in [-0.05, 0) is 37.0 Å². The lowest BCUT2D eigenvalue weighted by Gasteiger charge is -2.18. The van der Waals surface area contributed by atoms with E-state index in [-0.39, 0.29) is 29.9 Å². The van der Waals surface area contributed by atoms with Gasteiger partial charge < -0.3 is 9.47 Å². The van der Waals surface area contributed by atoms with Gasteiger partial charge in [0.05, 0.1) is 6.61 Å². The number of ether oxygens (including phenoxy) is 2. The van der Waals surface area contributed by atoms with E-state index in [4.69, 9.17) is 9.47 Å². The molecule has 1 aromatic heterocycles. The van der Waals surface area contributed by atoms with Crippen molar-refractivity contribution in [3.8, 4) is 5.88 Å². The molecule has 0 amide bonds. The maximum Gasteiger partial charge on any atom is 0.358 e. The van der Waals surface area contributed by atoms with Crippen LogP contribution in [-0.4, -0.2) is 22.4 Å². The molecule has 0 fully saturated rings. The lowest BCUT2D eigenvalue weighted by atomic mass is 9.92. The first-order valence-corrected chi connectivity index (χ1v) is 8.51. The van der Waals surface area contributed by atoms with Gasteiger partial charge in [0.1, 0.15) is 18.2 Å². The fraction of sp³-hybridized carbons (Fsp3) is 0.474. The van der Waals surface area contributed by atoms with Crippen molar-refractivity contribution in [3.05, 3.63) is 47.2 Å². The van der Waals surface area contributed by atoms with Gasteiger partial charge in [-0.3, -0.25) is 0 Å². The Morgan fingerprint density at radius 1 is 1.23 bits per heavy atom. The molecule has 2 rings (SSSR count). The molecule has 142 valence electrons. The fourth-order valence-corrected chi connectivity index (χ4v) is 2.23. The van der Waals surface area contributed by atoms with Crippen LogP contribution >= 0.6 is 0 Å². The van der Waals surface area contributed by atoms with E-state index in [9.17, 15) is 13.6 Å². The average molecular weight is 366 g/mol. The normalized spacial score (nSPS) is 11.5. The summed E-state index contributed by atoms with van der Waals surface area (Å²) in [7, 11) is 0. The van der Waals surface area contributed by atoms with E-state index in [1.54, 1.807) is 11.6 Å². The lowest BCUT2D eigenvalue weighted by Crippen LogP contribution is -2.13. The van der Waals surface area contributed by atoms with Crippen LogP contribution in [-0.2, 0) is 17.9 Å². The van der Waals surface area contributed by atoms with Gasteiger partial charge in [0, 0.05) is 18.2 Å². The second-order valence-corrected chi connectivity index (χ2v) is 7.15. The number of aryl methyl sites for hydroxylation is 1. The van der Waals surface area contributed by atoms with E-state index in [2.05, 4.69) is 25.9 Å². The third-order valence-corrected chi connectivity index (χ3v) is 3.68. The van der Waals surface area contributed by atoms with Gasteiger partial charge in [0.15, 0.2) is 5.69 Å². The molecule has 2 aromatic rings. The Morgan fingerprint density at radius 2 is 1.96 bits per heavy atom. The number of hydrogen-bond acceptors (Lipinski definition) is 4. The molecule has 0 aliphatic heterocycles. The van der Waals surface area contributed by atoms with Gasteiger partial charge in [0.25, 0.3) is 0 Å². The van der Waals surface area contributed by atoms with Gasteiger partial charge >= 0.3 is 5.97 Å². The summed E-state index contributed by atoms with van der Waals surface area (Å²) in [6, 6.07) is 4.63. The van der Waals surface area contributed by atoms with Crippen LogP contribution in [0.1, 0.15) is 50.2 Å². The molecular weight excluding hydrogens is 342 g/mol. The highest BCUT2D eigenvalue weighted by Crippen LogP contribution is 2.23. The molecule has 0 aliphatic carbocycles. The average Bonchev–Trinajstić information content (AvgIpc) is 2.97. The summed E-state index contributed by atoms with van der Waals surface area (Å²) >= 11 is 0. The molecule has 0 spiro atoms. The first-order chi connectivity index (χ1) is 12.2. The number of aromatic nitrogens is 2. The van der Waals surface area contributed by atoms with Gasteiger partial charge in [-0.2, -0.15) is 5.10 Å². The molecule has 0 bridgehead atoms. The number of rotatable bonds is 7. The van der Waals surface area contributed by atoms with Gasteiger partial charge in [-0.15, -0.1) is 0 Å².